The van der Waals surface area contributed by atoms with Gasteiger partial charge in [-0.2, -0.15) is 0 Å². The van der Waals surface area contributed by atoms with E-state index in [1.54, 1.807) is 43.5 Å². The predicted molar refractivity (Wildman–Crippen MR) is 85.2 cm³/mol. The Morgan fingerprint density at radius 3 is 2.48 bits per heavy atom. The van der Waals surface area contributed by atoms with E-state index in [9.17, 15) is 9.59 Å². The molecule has 0 aliphatic carbocycles. The van der Waals surface area contributed by atoms with Gasteiger partial charge in [0, 0.05) is 18.9 Å². The number of carboxylic acids is 1. The van der Waals surface area contributed by atoms with Crippen LogP contribution in [-0.4, -0.2) is 37.3 Å². The molecule has 0 heterocycles. The van der Waals surface area contributed by atoms with E-state index in [4.69, 9.17) is 14.6 Å². The lowest BCUT2D eigenvalue weighted by Gasteiger charge is -2.10. The van der Waals surface area contributed by atoms with E-state index >= 15 is 0 Å². The van der Waals surface area contributed by atoms with E-state index in [-0.39, 0.29) is 11.1 Å². The number of rotatable bonds is 7. The standard InChI is InChI=1S/C17H17NO5/c1-22-9-10-23-13-6-4-5-12(11-13)18-16(19)14-7-2-3-8-15(14)17(20)21/h2-8,11H,9-10H2,1H3,(H,18,19)(H,20,21). The highest BCUT2D eigenvalue weighted by atomic mass is 16.5. The van der Waals surface area contributed by atoms with Gasteiger partial charge >= 0.3 is 5.97 Å². The minimum Gasteiger partial charge on any atom is -0.491 e. The molecule has 0 aromatic heterocycles. The number of hydrogen-bond donors (Lipinski definition) is 2. The number of methoxy groups -OCH3 is 1. The topological polar surface area (TPSA) is 84.9 Å². The zero-order valence-corrected chi connectivity index (χ0v) is 12.6. The summed E-state index contributed by atoms with van der Waals surface area (Å²) >= 11 is 0. The molecule has 0 saturated heterocycles. The van der Waals surface area contributed by atoms with Crippen LogP contribution in [0, 0.1) is 0 Å². The molecule has 6 heteroatoms. The number of carboxylic acid groups (broad SMARTS) is 1. The molecule has 2 aromatic carbocycles. The number of carbonyl (C=O) groups excluding carboxylic acids is 1. The summed E-state index contributed by atoms with van der Waals surface area (Å²) in [5, 5.41) is 11.8. The summed E-state index contributed by atoms with van der Waals surface area (Å²) in [6, 6.07) is 12.9. The van der Waals surface area contributed by atoms with Gasteiger partial charge in [0.1, 0.15) is 12.4 Å². The number of ether oxygens (including phenoxy) is 2. The van der Waals surface area contributed by atoms with Crippen molar-refractivity contribution in [3.8, 4) is 5.75 Å². The van der Waals surface area contributed by atoms with Crippen molar-refractivity contribution in [1.29, 1.82) is 0 Å². The van der Waals surface area contributed by atoms with Gasteiger partial charge in [-0.25, -0.2) is 4.79 Å². The van der Waals surface area contributed by atoms with Gasteiger partial charge in [0.2, 0.25) is 0 Å². The molecule has 0 saturated carbocycles. The minimum atomic E-state index is -1.15. The third-order valence-electron chi connectivity index (χ3n) is 3.05. The number of amides is 1. The molecule has 2 aromatic rings. The average molecular weight is 315 g/mol. The molecule has 2 N–H and O–H groups in total. The van der Waals surface area contributed by atoms with E-state index in [1.165, 1.54) is 12.1 Å². The van der Waals surface area contributed by atoms with Crippen LogP contribution in [-0.2, 0) is 4.74 Å². The Balaban J connectivity index is 2.11. The van der Waals surface area contributed by atoms with Gasteiger partial charge in [0.15, 0.2) is 0 Å². The fraction of sp³-hybridized carbons (Fsp3) is 0.176. The maximum atomic E-state index is 12.3. The zero-order chi connectivity index (χ0) is 16.7. The van der Waals surface area contributed by atoms with Crippen molar-refractivity contribution < 1.29 is 24.2 Å². The fourth-order valence-electron chi connectivity index (χ4n) is 1.97. The summed E-state index contributed by atoms with van der Waals surface area (Å²) in [5.74, 6) is -1.05. The molecule has 2 rings (SSSR count). The van der Waals surface area contributed by atoms with E-state index in [2.05, 4.69) is 5.32 Å². The smallest absolute Gasteiger partial charge is 0.336 e. The predicted octanol–water partition coefficient (Wildman–Crippen LogP) is 2.66. The molecule has 0 atom stereocenters. The third kappa shape index (κ3) is 4.55. The van der Waals surface area contributed by atoms with Gasteiger partial charge in [0.25, 0.3) is 5.91 Å². The van der Waals surface area contributed by atoms with Crippen LogP contribution < -0.4 is 10.1 Å². The van der Waals surface area contributed by atoms with Gasteiger partial charge < -0.3 is 19.9 Å². The van der Waals surface area contributed by atoms with Crippen molar-refractivity contribution in [3.63, 3.8) is 0 Å². The first-order valence-corrected chi connectivity index (χ1v) is 6.97. The molecule has 23 heavy (non-hydrogen) atoms. The van der Waals surface area contributed by atoms with Crippen LogP contribution in [0.2, 0.25) is 0 Å². The molecule has 0 radical (unpaired) electrons. The van der Waals surface area contributed by atoms with Gasteiger partial charge in [-0.3, -0.25) is 4.79 Å². The average Bonchev–Trinajstić information content (AvgIpc) is 2.55. The number of aromatic carboxylic acids is 1. The second-order valence-electron chi connectivity index (χ2n) is 4.67. The van der Waals surface area contributed by atoms with Crippen molar-refractivity contribution in [2.45, 2.75) is 0 Å². The third-order valence-corrected chi connectivity index (χ3v) is 3.05. The quantitative estimate of drug-likeness (QED) is 0.767. The monoisotopic (exact) mass is 315 g/mol. The highest BCUT2D eigenvalue weighted by Gasteiger charge is 2.15. The first-order chi connectivity index (χ1) is 11.1. The van der Waals surface area contributed by atoms with Crippen LogP contribution in [0.3, 0.4) is 0 Å². The van der Waals surface area contributed by atoms with Crippen LogP contribution in [0.5, 0.6) is 5.75 Å². The largest absolute Gasteiger partial charge is 0.491 e. The lowest BCUT2D eigenvalue weighted by atomic mass is 10.1. The van der Waals surface area contributed by atoms with Gasteiger partial charge in [0.05, 0.1) is 17.7 Å². The summed E-state index contributed by atoms with van der Waals surface area (Å²) in [5.41, 5.74) is 0.577. The number of anilines is 1. The summed E-state index contributed by atoms with van der Waals surface area (Å²) < 4.78 is 10.4. The summed E-state index contributed by atoms with van der Waals surface area (Å²) in [4.78, 5) is 23.4. The van der Waals surface area contributed by atoms with Crippen LogP contribution in [0.4, 0.5) is 5.69 Å². The SMILES string of the molecule is COCCOc1cccc(NC(=O)c2ccccc2C(=O)O)c1. The molecule has 0 spiro atoms. The fourth-order valence-corrected chi connectivity index (χ4v) is 1.97. The van der Waals surface area contributed by atoms with Gasteiger partial charge in [-0.15, -0.1) is 0 Å². The first kappa shape index (κ1) is 16.5. The molecule has 0 fully saturated rings. The number of carbonyl (C=O) groups is 2. The van der Waals surface area contributed by atoms with Crippen LogP contribution >= 0.6 is 0 Å². The molecule has 0 aliphatic rings. The highest BCUT2D eigenvalue weighted by Crippen LogP contribution is 2.19. The van der Waals surface area contributed by atoms with Crippen LogP contribution in [0.1, 0.15) is 20.7 Å². The van der Waals surface area contributed by atoms with Crippen LogP contribution in [0.25, 0.3) is 0 Å². The first-order valence-electron chi connectivity index (χ1n) is 6.97. The number of benzene rings is 2. The maximum absolute atomic E-state index is 12.3. The van der Waals surface area contributed by atoms with Crippen molar-refractivity contribution in [1.82, 2.24) is 0 Å². The van der Waals surface area contributed by atoms with E-state index in [0.717, 1.165) is 0 Å². The second kappa shape index (κ2) is 7.95. The van der Waals surface area contributed by atoms with Crippen molar-refractivity contribution in [3.05, 3.63) is 59.7 Å². The van der Waals surface area contributed by atoms with Crippen molar-refractivity contribution in [2.75, 3.05) is 25.6 Å². The summed E-state index contributed by atoms with van der Waals surface area (Å²) in [7, 11) is 1.58. The molecule has 1 amide bonds. The van der Waals surface area contributed by atoms with Gasteiger partial charge in [-0.05, 0) is 24.3 Å². The lowest BCUT2D eigenvalue weighted by molar-refractivity contribution is 0.0692. The van der Waals surface area contributed by atoms with E-state index in [0.29, 0.717) is 24.7 Å². The Bertz CT molecular complexity index is 699. The molecule has 6 nitrogen and oxygen atoms in total. The lowest BCUT2D eigenvalue weighted by Crippen LogP contribution is -2.16. The van der Waals surface area contributed by atoms with Crippen molar-refractivity contribution in [2.24, 2.45) is 0 Å². The molecular weight excluding hydrogens is 298 g/mol. The summed E-state index contributed by atoms with van der Waals surface area (Å²) in [6.07, 6.45) is 0. The Hall–Kier alpha value is -2.86. The van der Waals surface area contributed by atoms with Gasteiger partial charge in [-0.1, -0.05) is 18.2 Å². The Kier molecular flexibility index (Phi) is 5.71. The molecular formula is C17H17NO5. The number of nitrogens with one attached hydrogen (secondary N) is 1. The summed E-state index contributed by atoms with van der Waals surface area (Å²) in [6.45, 7) is 0.859. The molecule has 0 unspecified atom stereocenters. The van der Waals surface area contributed by atoms with Crippen molar-refractivity contribution >= 4 is 17.6 Å². The molecule has 120 valence electrons. The Labute approximate surface area is 133 Å². The number of hydrogen-bond acceptors (Lipinski definition) is 4. The molecule has 0 aliphatic heterocycles. The zero-order valence-electron chi connectivity index (χ0n) is 12.6. The van der Waals surface area contributed by atoms with E-state index < -0.39 is 11.9 Å². The van der Waals surface area contributed by atoms with Crippen LogP contribution in [0.15, 0.2) is 48.5 Å². The maximum Gasteiger partial charge on any atom is 0.336 e. The second-order valence-corrected chi connectivity index (χ2v) is 4.67. The highest BCUT2D eigenvalue weighted by molar-refractivity contribution is 6.10. The van der Waals surface area contributed by atoms with E-state index in [1.807, 2.05) is 0 Å². The normalized spacial score (nSPS) is 10.1. The molecule has 0 bridgehead atoms. The Morgan fingerprint density at radius 2 is 1.78 bits per heavy atom. The Morgan fingerprint density at radius 1 is 1.04 bits per heavy atom. The minimum absolute atomic E-state index is 0.0440.